The third kappa shape index (κ3) is 3.83. The van der Waals surface area contributed by atoms with Gasteiger partial charge in [-0.05, 0) is 24.9 Å². The van der Waals surface area contributed by atoms with Gasteiger partial charge in [0.05, 0.1) is 5.92 Å². The number of likely N-dealkylation sites (tertiary alicyclic amines) is 1. The van der Waals surface area contributed by atoms with Crippen molar-refractivity contribution >= 4 is 5.78 Å². The van der Waals surface area contributed by atoms with Crippen molar-refractivity contribution in [3.8, 4) is 0 Å². The lowest BCUT2D eigenvalue weighted by molar-refractivity contribution is -0.0642. The molecule has 2 aromatic rings. The van der Waals surface area contributed by atoms with E-state index in [0.29, 0.717) is 18.5 Å². The molecule has 0 radical (unpaired) electrons. The van der Waals surface area contributed by atoms with E-state index in [0.717, 1.165) is 31.5 Å². The molecule has 0 aliphatic carbocycles. The van der Waals surface area contributed by atoms with Crippen molar-refractivity contribution in [1.29, 1.82) is 0 Å². The van der Waals surface area contributed by atoms with Crippen molar-refractivity contribution in [3.05, 3.63) is 71.8 Å². The second-order valence-corrected chi connectivity index (χ2v) is 6.98. The summed E-state index contributed by atoms with van der Waals surface area (Å²) in [5.41, 5.74) is 0.426. The molecule has 0 spiro atoms. The zero-order valence-corrected chi connectivity index (χ0v) is 14.9. The third-order valence-corrected chi connectivity index (χ3v) is 5.30. The molecule has 0 bridgehead atoms. The van der Waals surface area contributed by atoms with Gasteiger partial charge in [-0.25, -0.2) is 0 Å². The Labute approximate surface area is 150 Å². The first-order chi connectivity index (χ1) is 12.1. The van der Waals surface area contributed by atoms with E-state index in [4.69, 9.17) is 0 Å². The van der Waals surface area contributed by atoms with E-state index in [1.807, 2.05) is 60.7 Å². The minimum Gasteiger partial charge on any atom is -0.384 e. The Hall–Kier alpha value is -1.97. The molecular weight excluding hydrogens is 310 g/mol. The molecule has 0 unspecified atom stereocenters. The number of benzene rings is 2. The number of carbonyl (C=O) groups excluding carboxylic acids is 1. The molecule has 3 rings (SSSR count). The number of ketones is 1. The fourth-order valence-corrected chi connectivity index (χ4v) is 3.76. The zero-order chi connectivity index (χ0) is 17.7. The number of carbonyl (C=O) groups is 1. The number of aliphatic hydroxyl groups is 1. The Morgan fingerprint density at radius 3 is 2.40 bits per heavy atom. The molecule has 0 saturated carbocycles. The second-order valence-electron chi connectivity index (χ2n) is 6.98. The predicted molar refractivity (Wildman–Crippen MR) is 101 cm³/mol. The van der Waals surface area contributed by atoms with Gasteiger partial charge in [0.1, 0.15) is 5.60 Å². The van der Waals surface area contributed by atoms with Gasteiger partial charge in [-0.15, -0.1) is 0 Å². The van der Waals surface area contributed by atoms with Crippen LogP contribution >= 0.6 is 0 Å². The first-order valence-corrected chi connectivity index (χ1v) is 9.24. The summed E-state index contributed by atoms with van der Waals surface area (Å²) in [7, 11) is 0. The van der Waals surface area contributed by atoms with Gasteiger partial charge in [-0.3, -0.25) is 4.79 Å². The summed E-state index contributed by atoms with van der Waals surface area (Å²) in [5.74, 6) is -0.406. The van der Waals surface area contributed by atoms with Crippen molar-refractivity contribution in [3.63, 3.8) is 0 Å². The molecule has 25 heavy (non-hydrogen) atoms. The van der Waals surface area contributed by atoms with Gasteiger partial charge >= 0.3 is 0 Å². The average Bonchev–Trinajstić information content (AvgIpc) is 2.68. The number of hydrogen-bond donors (Lipinski definition) is 1. The lowest BCUT2D eigenvalue weighted by atomic mass is 9.72. The number of unbranched alkanes of at least 4 members (excludes halogenated alkanes) is 1. The summed E-state index contributed by atoms with van der Waals surface area (Å²) in [4.78, 5) is 15.5. The number of nitrogens with zero attached hydrogens (tertiary/aromatic N) is 1. The first-order valence-electron chi connectivity index (χ1n) is 9.24. The molecule has 1 N–H and O–H groups in total. The van der Waals surface area contributed by atoms with E-state index in [1.54, 1.807) is 0 Å². The molecule has 1 aliphatic rings. The Balaban J connectivity index is 1.92. The molecule has 1 saturated heterocycles. The molecule has 2 atom stereocenters. The molecule has 1 heterocycles. The Bertz CT molecular complexity index is 686. The fraction of sp³-hybridized carbons (Fsp3) is 0.409. The van der Waals surface area contributed by atoms with E-state index in [9.17, 15) is 9.90 Å². The highest BCUT2D eigenvalue weighted by Crippen LogP contribution is 2.39. The quantitative estimate of drug-likeness (QED) is 0.813. The minimum absolute atomic E-state index is 0.0353. The molecule has 0 amide bonds. The Morgan fingerprint density at radius 2 is 1.76 bits per heavy atom. The van der Waals surface area contributed by atoms with E-state index in [2.05, 4.69) is 11.8 Å². The highest BCUT2D eigenvalue weighted by Gasteiger charge is 2.46. The van der Waals surface area contributed by atoms with Crippen LogP contribution in [0, 0.1) is 5.92 Å². The summed E-state index contributed by atoms with van der Waals surface area (Å²) in [6.07, 6.45) is 2.84. The maximum Gasteiger partial charge on any atom is 0.170 e. The summed E-state index contributed by atoms with van der Waals surface area (Å²) < 4.78 is 0. The summed E-state index contributed by atoms with van der Waals surface area (Å²) in [6, 6.07) is 19.0. The van der Waals surface area contributed by atoms with Crippen LogP contribution in [0.5, 0.6) is 0 Å². The van der Waals surface area contributed by atoms with Crippen LogP contribution in [0.15, 0.2) is 60.7 Å². The number of rotatable bonds is 6. The van der Waals surface area contributed by atoms with Gasteiger partial charge in [0.15, 0.2) is 5.78 Å². The predicted octanol–water partition coefficient (Wildman–Crippen LogP) is 3.88. The highest BCUT2D eigenvalue weighted by molar-refractivity contribution is 5.98. The maximum atomic E-state index is 13.2. The lowest BCUT2D eigenvalue weighted by Crippen LogP contribution is -2.53. The van der Waals surface area contributed by atoms with Crippen LogP contribution in [-0.2, 0) is 5.60 Å². The molecule has 2 aromatic carbocycles. The van der Waals surface area contributed by atoms with Crippen molar-refractivity contribution in [2.45, 2.75) is 31.8 Å². The van der Waals surface area contributed by atoms with Gasteiger partial charge < -0.3 is 10.0 Å². The van der Waals surface area contributed by atoms with E-state index in [-0.39, 0.29) is 5.78 Å². The zero-order valence-electron chi connectivity index (χ0n) is 14.9. The first kappa shape index (κ1) is 17.8. The molecule has 1 fully saturated rings. The summed E-state index contributed by atoms with van der Waals surface area (Å²) in [5, 5.41) is 11.5. The Morgan fingerprint density at radius 1 is 1.12 bits per heavy atom. The lowest BCUT2D eigenvalue weighted by Gasteiger charge is -2.44. The SMILES string of the molecule is CCCCN1CC[C@@](O)(c2ccccc2)[C@H](C(=O)c2ccccc2)C1. The highest BCUT2D eigenvalue weighted by atomic mass is 16.3. The van der Waals surface area contributed by atoms with E-state index in [1.165, 1.54) is 0 Å². The largest absolute Gasteiger partial charge is 0.384 e. The van der Waals surface area contributed by atoms with E-state index < -0.39 is 11.5 Å². The molecule has 3 heteroatoms. The smallest absolute Gasteiger partial charge is 0.170 e. The summed E-state index contributed by atoms with van der Waals surface area (Å²) in [6.45, 7) is 4.60. The van der Waals surface area contributed by atoms with E-state index >= 15 is 0 Å². The van der Waals surface area contributed by atoms with Gasteiger partial charge in [0.25, 0.3) is 0 Å². The van der Waals surface area contributed by atoms with Crippen LogP contribution in [0.3, 0.4) is 0 Å². The maximum absolute atomic E-state index is 13.2. The van der Waals surface area contributed by atoms with Crippen LogP contribution in [0.25, 0.3) is 0 Å². The van der Waals surface area contributed by atoms with Crippen LogP contribution in [0.1, 0.15) is 42.1 Å². The number of hydrogen-bond acceptors (Lipinski definition) is 3. The van der Waals surface area contributed by atoms with Crippen molar-refractivity contribution in [2.75, 3.05) is 19.6 Å². The standard InChI is InChI=1S/C22H27NO2/c1-2-3-15-23-16-14-22(25,19-12-8-5-9-13-19)20(17-23)21(24)18-10-6-4-7-11-18/h4-13,20,25H,2-3,14-17H2,1H3/t20-,22+/m0/s1. The van der Waals surface area contributed by atoms with Crippen molar-refractivity contribution < 1.29 is 9.90 Å². The van der Waals surface area contributed by atoms with Gasteiger partial charge in [-0.1, -0.05) is 74.0 Å². The van der Waals surface area contributed by atoms with Crippen LogP contribution in [0.4, 0.5) is 0 Å². The van der Waals surface area contributed by atoms with Crippen LogP contribution in [-0.4, -0.2) is 35.4 Å². The molecular formula is C22H27NO2. The molecule has 3 nitrogen and oxygen atoms in total. The number of Topliss-reactive ketones (excluding diaryl/α,β-unsaturated/α-hetero) is 1. The molecule has 0 aromatic heterocycles. The van der Waals surface area contributed by atoms with Gasteiger partial charge in [0.2, 0.25) is 0 Å². The normalized spacial score (nSPS) is 24.2. The molecule has 132 valence electrons. The summed E-state index contributed by atoms with van der Waals surface area (Å²) >= 11 is 0. The van der Waals surface area contributed by atoms with Crippen LogP contribution < -0.4 is 0 Å². The molecule has 1 aliphatic heterocycles. The fourth-order valence-electron chi connectivity index (χ4n) is 3.76. The average molecular weight is 337 g/mol. The number of piperidine rings is 1. The topological polar surface area (TPSA) is 40.5 Å². The third-order valence-electron chi connectivity index (χ3n) is 5.30. The van der Waals surface area contributed by atoms with Crippen molar-refractivity contribution in [1.82, 2.24) is 4.90 Å². The Kier molecular flexibility index (Phi) is 5.67. The van der Waals surface area contributed by atoms with Gasteiger partial charge in [-0.2, -0.15) is 0 Å². The second kappa shape index (κ2) is 7.94. The minimum atomic E-state index is -1.10. The monoisotopic (exact) mass is 337 g/mol. The van der Waals surface area contributed by atoms with Crippen LogP contribution in [0.2, 0.25) is 0 Å². The van der Waals surface area contributed by atoms with Gasteiger partial charge in [0, 0.05) is 18.7 Å². The van der Waals surface area contributed by atoms with Crippen molar-refractivity contribution in [2.24, 2.45) is 5.92 Å².